The van der Waals surface area contributed by atoms with Gasteiger partial charge in [0.25, 0.3) is 0 Å². The summed E-state index contributed by atoms with van der Waals surface area (Å²) >= 11 is 0. The fourth-order valence-corrected chi connectivity index (χ4v) is 4.21. The third-order valence-corrected chi connectivity index (χ3v) is 5.35. The highest BCUT2D eigenvalue weighted by molar-refractivity contribution is 7.89. The molecule has 0 spiro atoms. The Hall–Kier alpha value is -1.47. The minimum atomic E-state index is -3.83. The van der Waals surface area contributed by atoms with Crippen LogP contribution in [0.1, 0.15) is 19.8 Å². The van der Waals surface area contributed by atoms with Crippen molar-refractivity contribution in [3.8, 4) is 0 Å². The van der Waals surface area contributed by atoms with Gasteiger partial charge in [0.15, 0.2) is 0 Å². The molecule has 0 unspecified atom stereocenters. The van der Waals surface area contributed by atoms with E-state index in [0.717, 1.165) is 16.4 Å². The predicted molar refractivity (Wildman–Crippen MR) is 67.1 cm³/mol. The summed E-state index contributed by atoms with van der Waals surface area (Å²) in [6.45, 7) is 1.73. The average molecular weight is 286 g/mol. The van der Waals surface area contributed by atoms with E-state index >= 15 is 0 Å². The van der Waals surface area contributed by atoms with Crippen LogP contribution in [0, 0.1) is 5.82 Å². The van der Waals surface area contributed by atoms with Gasteiger partial charge in [-0.1, -0.05) is 0 Å². The molecule has 0 aromatic heterocycles. The van der Waals surface area contributed by atoms with Crippen molar-refractivity contribution < 1.29 is 17.6 Å². The maximum absolute atomic E-state index is 12.9. The molecule has 1 fully saturated rings. The Labute approximate surface area is 111 Å². The van der Waals surface area contributed by atoms with Gasteiger partial charge in [-0.3, -0.25) is 4.79 Å². The van der Waals surface area contributed by atoms with Crippen LogP contribution in [0.5, 0.6) is 0 Å². The molecule has 1 aliphatic heterocycles. The molecular formula is C12H15FN2O3S. The van der Waals surface area contributed by atoms with Crippen LogP contribution in [0.4, 0.5) is 4.39 Å². The maximum Gasteiger partial charge on any atom is 0.244 e. The van der Waals surface area contributed by atoms with Gasteiger partial charge in [0.1, 0.15) is 11.9 Å². The second-order valence-electron chi connectivity index (χ2n) is 4.63. The van der Waals surface area contributed by atoms with Gasteiger partial charge in [0.2, 0.25) is 15.9 Å². The molecule has 5 nitrogen and oxygen atoms in total. The first-order valence-corrected chi connectivity index (χ1v) is 7.36. The van der Waals surface area contributed by atoms with Crippen LogP contribution in [0.3, 0.4) is 0 Å². The number of nitrogens with zero attached hydrogens (tertiary/aromatic N) is 1. The van der Waals surface area contributed by atoms with Gasteiger partial charge >= 0.3 is 0 Å². The number of halogens is 1. The predicted octanol–water partition coefficient (Wildman–Crippen LogP) is 0.853. The molecule has 2 N–H and O–H groups in total. The minimum Gasteiger partial charge on any atom is -0.368 e. The summed E-state index contributed by atoms with van der Waals surface area (Å²) in [5.41, 5.74) is 5.24. The van der Waals surface area contributed by atoms with E-state index in [0.29, 0.717) is 12.8 Å². The second kappa shape index (κ2) is 4.90. The van der Waals surface area contributed by atoms with Gasteiger partial charge in [0.05, 0.1) is 4.90 Å². The van der Waals surface area contributed by atoms with Gasteiger partial charge in [-0.15, -0.1) is 0 Å². The number of amides is 1. The third kappa shape index (κ3) is 2.48. The fourth-order valence-electron chi connectivity index (χ4n) is 2.36. The largest absolute Gasteiger partial charge is 0.368 e. The Morgan fingerprint density at radius 1 is 1.32 bits per heavy atom. The summed E-state index contributed by atoms with van der Waals surface area (Å²) in [5.74, 6) is -1.17. The molecule has 1 aromatic rings. The number of benzene rings is 1. The molecule has 2 rings (SSSR count). The number of hydrogen-bond acceptors (Lipinski definition) is 3. The van der Waals surface area contributed by atoms with Crippen molar-refractivity contribution in [2.75, 3.05) is 0 Å². The number of sulfonamides is 1. The lowest BCUT2D eigenvalue weighted by atomic mass is 10.2. The van der Waals surface area contributed by atoms with Gasteiger partial charge in [0, 0.05) is 6.04 Å². The Morgan fingerprint density at radius 2 is 1.89 bits per heavy atom. The molecule has 0 radical (unpaired) electrons. The number of nitrogens with two attached hydrogens (primary N) is 1. The molecule has 0 saturated carbocycles. The molecule has 7 heteroatoms. The zero-order chi connectivity index (χ0) is 14.2. The molecule has 0 bridgehead atoms. The molecule has 19 heavy (non-hydrogen) atoms. The maximum atomic E-state index is 12.9. The second-order valence-corrected chi connectivity index (χ2v) is 6.48. The standard InChI is InChI=1S/C12H15FN2O3S/c1-8-2-7-11(12(14)16)15(8)19(17,18)10-5-3-9(13)4-6-10/h3-6,8,11H,2,7H2,1H3,(H2,14,16)/t8-,11-/m0/s1. The van der Waals surface area contributed by atoms with Crippen LogP contribution in [-0.4, -0.2) is 30.7 Å². The average Bonchev–Trinajstić information content (AvgIpc) is 2.72. The van der Waals surface area contributed by atoms with Gasteiger partial charge in [-0.25, -0.2) is 12.8 Å². The Bertz CT molecular complexity index is 585. The van der Waals surface area contributed by atoms with E-state index in [1.54, 1.807) is 6.92 Å². The summed E-state index contributed by atoms with van der Waals surface area (Å²) in [6, 6.07) is 3.40. The molecule has 1 saturated heterocycles. The summed E-state index contributed by atoms with van der Waals surface area (Å²) < 4.78 is 38.9. The van der Waals surface area contributed by atoms with Crippen LogP contribution >= 0.6 is 0 Å². The number of carbonyl (C=O) groups is 1. The van der Waals surface area contributed by atoms with Crippen molar-refractivity contribution in [3.05, 3.63) is 30.1 Å². The first kappa shape index (κ1) is 14.0. The SMILES string of the molecule is C[C@H]1CC[C@@H](C(N)=O)N1S(=O)(=O)c1ccc(F)cc1. The highest BCUT2D eigenvalue weighted by atomic mass is 32.2. The molecule has 0 aliphatic carbocycles. The Morgan fingerprint density at radius 3 is 2.42 bits per heavy atom. The van der Waals surface area contributed by atoms with Crippen molar-refractivity contribution in [2.45, 2.75) is 36.7 Å². The zero-order valence-electron chi connectivity index (χ0n) is 10.4. The van der Waals surface area contributed by atoms with Crippen LogP contribution in [0.25, 0.3) is 0 Å². The van der Waals surface area contributed by atoms with Crippen LogP contribution in [0.2, 0.25) is 0 Å². The summed E-state index contributed by atoms with van der Waals surface area (Å²) in [7, 11) is -3.83. The Balaban J connectivity index is 2.43. The number of primary amides is 1. The lowest BCUT2D eigenvalue weighted by Gasteiger charge is -2.25. The van der Waals surface area contributed by atoms with E-state index < -0.39 is 27.8 Å². The summed E-state index contributed by atoms with van der Waals surface area (Å²) in [6.07, 6.45) is 0.991. The molecule has 1 amide bonds. The number of hydrogen-bond donors (Lipinski definition) is 1. The smallest absolute Gasteiger partial charge is 0.244 e. The molecule has 2 atom stereocenters. The summed E-state index contributed by atoms with van der Waals surface area (Å²) in [5, 5.41) is 0. The minimum absolute atomic E-state index is 0.0334. The van der Waals surface area contributed by atoms with Crippen molar-refractivity contribution in [3.63, 3.8) is 0 Å². The van der Waals surface area contributed by atoms with Crippen molar-refractivity contribution in [1.29, 1.82) is 0 Å². The fraction of sp³-hybridized carbons (Fsp3) is 0.417. The van der Waals surface area contributed by atoms with Gasteiger partial charge in [-0.2, -0.15) is 4.31 Å². The molecule has 1 aliphatic rings. The van der Waals surface area contributed by atoms with E-state index in [9.17, 15) is 17.6 Å². The monoisotopic (exact) mass is 286 g/mol. The molecular weight excluding hydrogens is 271 g/mol. The van der Waals surface area contributed by atoms with Crippen LogP contribution < -0.4 is 5.73 Å². The van der Waals surface area contributed by atoms with E-state index in [4.69, 9.17) is 5.73 Å². The quantitative estimate of drug-likeness (QED) is 0.894. The molecule has 1 aromatic carbocycles. The van der Waals surface area contributed by atoms with Crippen molar-refractivity contribution in [1.82, 2.24) is 4.31 Å². The van der Waals surface area contributed by atoms with Gasteiger partial charge < -0.3 is 5.73 Å². The van der Waals surface area contributed by atoms with Crippen molar-refractivity contribution in [2.24, 2.45) is 5.73 Å². The van der Waals surface area contributed by atoms with E-state index in [2.05, 4.69) is 0 Å². The highest BCUT2D eigenvalue weighted by Gasteiger charge is 2.42. The zero-order valence-corrected chi connectivity index (χ0v) is 11.2. The third-order valence-electron chi connectivity index (χ3n) is 3.32. The highest BCUT2D eigenvalue weighted by Crippen LogP contribution is 2.30. The Kier molecular flexibility index (Phi) is 3.60. The number of carbonyl (C=O) groups excluding carboxylic acids is 1. The first-order valence-electron chi connectivity index (χ1n) is 5.92. The lowest BCUT2D eigenvalue weighted by molar-refractivity contribution is -0.121. The van der Waals surface area contributed by atoms with Crippen LogP contribution in [-0.2, 0) is 14.8 Å². The first-order chi connectivity index (χ1) is 8.84. The van der Waals surface area contributed by atoms with Gasteiger partial charge in [-0.05, 0) is 44.0 Å². The van der Waals surface area contributed by atoms with E-state index in [1.165, 1.54) is 12.1 Å². The van der Waals surface area contributed by atoms with E-state index in [1.807, 2.05) is 0 Å². The normalized spacial score (nSPS) is 24.5. The van der Waals surface area contributed by atoms with Crippen molar-refractivity contribution >= 4 is 15.9 Å². The summed E-state index contributed by atoms with van der Waals surface area (Å²) in [4.78, 5) is 11.3. The molecule has 104 valence electrons. The number of rotatable bonds is 3. The topological polar surface area (TPSA) is 80.5 Å². The molecule has 1 heterocycles. The van der Waals surface area contributed by atoms with Crippen LogP contribution in [0.15, 0.2) is 29.2 Å². The lowest BCUT2D eigenvalue weighted by Crippen LogP contribution is -2.46. The van der Waals surface area contributed by atoms with E-state index in [-0.39, 0.29) is 10.9 Å².